The van der Waals surface area contributed by atoms with Crippen LogP contribution in [0.15, 0.2) is 60.7 Å². The predicted octanol–water partition coefficient (Wildman–Crippen LogP) is 2.50. The van der Waals surface area contributed by atoms with E-state index in [0.29, 0.717) is 6.42 Å². The van der Waals surface area contributed by atoms with Gasteiger partial charge in [-0.3, -0.25) is 4.18 Å². The molecule has 1 amide bonds. The van der Waals surface area contributed by atoms with Crippen LogP contribution in [0.4, 0.5) is 4.79 Å². The average molecular weight is 363 g/mol. The van der Waals surface area contributed by atoms with Crippen LogP contribution in [0.2, 0.25) is 0 Å². The van der Waals surface area contributed by atoms with E-state index >= 15 is 0 Å². The third-order valence-corrected chi connectivity index (χ3v) is 3.91. The first-order valence-electron chi connectivity index (χ1n) is 7.78. The van der Waals surface area contributed by atoms with Crippen LogP contribution in [-0.4, -0.2) is 33.4 Å². The van der Waals surface area contributed by atoms with Crippen LogP contribution in [0.5, 0.6) is 0 Å². The van der Waals surface area contributed by atoms with Crippen molar-refractivity contribution in [2.24, 2.45) is 0 Å². The highest BCUT2D eigenvalue weighted by molar-refractivity contribution is 7.85. The molecule has 7 heteroatoms. The Hall–Kier alpha value is -2.38. The van der Waals surface area contributed by atoms with Crippen molar-refractivity contribution in [1.82, 2.24) is 5.32 Å². The van der Waals surface area contributed by atoms with Crippen LogP contribution in [0.1, 0.15) is 11.1 Å². The Morgan fingerprint density at radius 3 is 2.12 bits per heavy atom. The quantitative estimate of drug-likeness (QED) is 0.729. The summed E-state index contributed by atoms with van der Waals surface area (Å²) in [5.41, 5.74) is 1.82. The maximum Gasteiger partial charge on any atom is 0.407 e. The van der Waals surface area contributed by atoms with E-state index in [1.54, 1.807) is 0 Å². The Bertz CT molecular complexity index is 763. The zero-order chi connectivity index (χ0) is 18.1. The molecule has 0 heterocycles. The molecule has 0 aliphatic carbocycles. The fourth-order valence-corrected chi connectivity index (χ4v) is 2.60. The molecule has 0 saturated carbocycles. The van der Waals surface area contributed by atoms with Crippen LogP contribution in [0.25, 0.3) is 0 Å². The van der Waals surface area contributed by atoms with Gasteiger partial charge in [0.05, 0.1) is 18.9 Å². The standard InChI is InChI=1S/C18H21NO5S/c1-25(21,22)24-14-17(12-15-8-4-2-5-9-15)19-18(20)23-13-16-10-6-3-7-11-16/h2-11,17H,12-14H2,1H3,(H,19,20)/t17-/m1/s1. The van der Waals surface area contributed by atoms with Crippen LogP contribution in [0.3, 0.4) is 0 Å². The molecule has 0 unspecified atom stereocenters. The van der Waals surface area contributed by atoms with E-state index in [-0.39, 0.29) is 13.2 Å². The van der Waals surface area contributed by atoms with Crippen molar-refractivity contribution in [3.63, 3.8) is 0 Å². The van der Waals surface area contributed by atoms with Crippen molar-refractivity contribution >= 4 is 16.2 Å². The van der Waals surface area contributed by atoms with Gasteiger partial charge in [-0.1, -0.05) is 60.7 Å². The lowest BCUT2D eigenvalue weighted by molar-refractivity contribution is 0.131. The summed E-state index contributed by atoms with van der Waals surface area (Å²) in [6, 6.07) is 18.2. The first-order valence-corrected chi connectivity index (χ1v) is 9.59. The number of rotatable bonds is 8. The minimum Gasteiger partial charge on any atom is -0.445 e. The predicted molar refractivity (Wildman–Crippen MR) is 94.5 cm³/mol. The minimum atomic E-state index is -3.59. The topological polar surface area (TPSA) is 81.7 Å². The number of nitrogens with one attached hydrogen (secondary N) is 1. The number of hydrogen-bond donors (Lipinski definition) is 1. The molecule has 6 nitrogen and oxygen atoms in total. The monoisotopic (exact) mass is 363 g/mol. The second-order valence-electron chi connectivity index (χ2n) is 5.58. The smallest absolute Gasteiger partial charge is 0.407 e. The molecule has 2 aromatic rings. The van der Waals surface area contributed by atoms with Crippen molar-refractivity contribution in [2.75, 3.05) is 12.9 Å². The molecule has 0 aromatic heterocycles. The number of ether oxygens (including phenoxy) is 1. The summed E-state index contributed by atoms with van der Waals surface area (Å²) in [7, 11) is -3.59. The van der Waals surface area contributed by atoms with Crippen LogP contribution in [-0.2, 0) is 32.1 Å². The lowest BCUT2D eigenvalue weighted by Crippen LogP contribution is -2.40. The molecule has 0 radical (unpaired) electrons. The second-order valence-corrected chi connectivity index (χ2v) is 7.23. The minimum absolute atomic E-state index is 0.137. The van der Waals surface area contributed by atoms with Gasteiger partial charge in [-0.15, -0.1) is 0 Å². The number of hydrogen-bond acceptors (Lipinski definition) is 5. The van der Waals surface area contributed by atoms with E-state index in [2.05, 4.69) is 5.32 Å². The van der Waals surface area contributed by atoms with E-state index in [1.807, 2.05) is 60.7 Å². The number of amides is 1. The fraction of sp³-hybridized carbons (Fsp3) is 0.278. The molecule has 1 N–H and O–H groups in total. The molecule has 0 bridgehead atoms. The lowest BCUT2D eigenvalue weighted by atomic mass is 10.1. The molecular formula is C18H21NO5S. The number of benzene rings is 2. The van der Waals surface area contributed by atoms with Gasteiger partial charge in [0.1, 0.15) is 6.61 Å². The largest absolute Gasteiger partial charge is 0.445 e. The first kappa shape index (κ1) is 19.0. The van der Waals surface area contributed by atoms with Gasteiger partial charge in [0.2, 0.25) is 0 Å². The molecule has 0 spiro atoms. The maximum atomic E-state index is 12.0. The van der Waals surface area contributed by atoms with E-state index < -0.39 is 22.3 Å². The molecule has 2 aromatic carbocycles. The van der Waals surface area contributed by atoms with Gasteiger partial charge in [0, 0.05) is 0 Å². The Balaban J connectivity index is 1.92. The Kier molecular flexibility index (Phi) is 6.97. The Morgan fingerprint density at radius 1 is 1.00 bits per heavy atom. The first-order chi connectivity index (χ1) is 11.9. The van der Waals surface area contributed by atoms with Crippen LogP contribution < -0.4 is 5.32 Å². The molecule has 0 aliphatic heterocycles. The fourth-order valence-electron chi connectivity index (χ4n) is 2.19. The summed E-state index contributed by atoms with van der Waals surface area (Å²) < 4.78 is 32.4. The third kappa shape index (κ3) is 7.82. The molecule has 0 fully saturated rings. The number of carbonyl (C=O) groups is 1. The molecule has 0 saturated heterocycles. The highest BCUT2D eigenvalue weighted by Gasteiger charge is 2.17. The van der Waals surface area contributed by atoms with E-state index in [4.69, 9.17) is 8.92 Å². The molecular weight excluding hydrogens is 342 g/mol. The SMILES string of the molecule is CS(=O)(=O)OC[C@@H](Cc1ccccc1)NC(=O)OCc1ccccc1. The van der Waals surface area contributed by atoms with E-state index in [0.717, 1.165) is 17.4 Å². The summed E-state index contributed by atoms with van der Waals surface area (Å²) in [5, 5.41) is 2.66. The summed E-state index contributed by atoms with van der Waals surface area (Å²) in [4.78, 5) is 12.0. The highest BCUT2D eigenvalue weighted by Crippen LogP contribution is 2.06. The normalized spacial score (nSPS) is 12.4. The third-order valence-electron chi connectivity index (χ3n) is 3.34. The van der Waals surface area contributed by atoms with Gasteiger partial charge in [-0.25, -0.2) is 4.79 Å². The zero-order valence-electron chi connectivity index (χ0n) is 13.9. The average Bonchev–Trinajstić information content (AvgIpc) is 2.59. The summed E-state index contributed by atoms with van der Waals surface area (Å²) >= 11 is 0. The van der Waals surface area contributed by atoms with E-state index in [1.165, 1.54) is 0 Å². The zero-order valence-corrected chi connectivity index (χ0v) is 14.7. The Labute approximate surface area is 147 Å². The molecule has 2 rings (SSSR count). The van der Waals surface area contributed by atoms with Gasteiger partial charge < -0.3 is 10.1 Å². The summed E-state index contributed by atoms with van der Waals surface area (Å²) in [5.74, 6) is 0. The van der Waals surface area contributed by atoms with Crippen LogP contribution >= 0.6 is 0 Å². The summed E-state index contributed by atoms with van der Waals surface area (Å²) in [6.45, 7) is -0.0220. The van der Waals surface area contributed by atoms with Gasteiger partial charge >= 0.3 is 6.09 Å². The van der Waals surface area contributed by atoms with E-state index in [9.17, 15) is 13.2 Å². The number of alkyl carbamates (subject to hydrolysis) is 1. The Morgan fingerprint density at radius 2 is 1.56 bits per heavy atom. The van der Waals surface area contributed by atoms with Crippen molar-refractivity contribution in [3.8, 4) is 0 Å². The lowest BCUT2D eigenvalue weighted by Gasteiger charge is -2.18. The highest BCUT2D eigenvalue weighted by atomic mass is 32.2. The van der Waals surface area contributed by atoms with Crippen molar-refractivity contribution in [3.05, 3.63) is 71.8 Å². The van der Waals surface area contributed by atoms with Gasteiger partial charge in [-0.05, 0) is 17.5 Å². The molecule has 1 atom stereocenters. The van der Waals surface area contributed by atoms with Crippen molar-refractivity contribution < 1.29 is 22.1 Å². The maximum absolute atomic E-state index is 12.0. The second kappa shape index (κ2) is 9.19. The van der Waals surface area contributed by atoms with Gasteiger partial charge in [-0.2, -0.15) is 8.42 Å². The van der Waals surface area contributed by atoms with Crippen LogP contribution in [0, 0.1) is 0 Å². The number of carbonyl (C=O) groups excluding carboxylic acids is 1. The molecule has 25 heavy (non-hydrogen) atoms. The van der Waals surface area contributed by atoms with Gasteiger partial charge in [0.15, 0.2) is 0 Å². The molecule has 134 valence electrons. The summed E-state index contributed by atoms with van der Waals surface area (Å²) in [6.07, 6.45) is 0.777. The van der Waals surface area contributed by atoms with Gasteiger partial charge in [0.25, 0.3) is 10.1 Å². The van der Waals surface area contributed by atoms with Crippen molar-refractivity contribution in [2.45, 2.75) is 19.1 Å². The molecule has 0 aliphatic rings. The van der Waals surface area contributed by atoms with Crippen molar-refractivity contribution in [1.29, 1.82) is 0 Å².